The lowest BCUT2D eigenvalue weighted by Gasteiger charge is -2.11. The molecule has 2 aromatic rings. The van der Waals surface area contributed by atoms with Crippen LogP contribution in [-0.4, -0.2) is 18.0 Å². The molecule has 0 radical (unpaired) electrons. The zero-order valence-electron chi connectivity index (χ0n) is 11.9. The first-order valence-corrected chi connectivity index (χ1v) is 6.64. The van der Waals surface area contributed by atoms with E-state index < -0.39 is 18.0 Å². The van der Waals surface area contributed by atoms with Crippen LogP contribution in [0.3, 0.4) is 0 Å². The Balaban J connectivity index is 2.05. The van der Waals surface area contributed by atoms with E-state index >= 15 is 0 Å². The molecule has 2 aromatic carbocycles. The summed E-state index contributed by atoms with van der Waals surface area (Å²) in [5.41, 5.74) is 0. The van der Waals surface area contributed by atoms with Gasteiger partial charge >= 0.3 is 11.9 Å². The quantitative estimate of drug-likeness (QED) is 0.491. The Morgan fingerprint density at radius 3 is 2.52 bits per heavy atom. The van der Waals surface area contributed by atoms with Crippen LogP contribution in [-0.2, 0) is 14.3 Å². The fourth-order valence-corrected chi connectivity index (χ4v) is 1.83. The molecule has 108 valence electrons. The van der Waals surface area contributed by atoms with Gasteiger partial charge in [-0.15, -0.1) is 0 Å². The molecule has 2 rings (SSSR count). The molecule has 0 spiro atoms. The first-order valence-electron chi connectivity index (χ1n) is 6.64. The zero-order valence-corrected chi connectivity index (χ0v) is 11.9. The summed E-state index contributed by atoms with van der Waals surface area (Å²) in [6, 6.07) is 13.1. The van der Waals surface area contributed by atoms with Crippen molar-refractivity contribution in [1.29, 1.82) is 0 Å². The second kappa shape index (κ2) is 6.70. The van der Waals surface area contributed by atoms with E-state index in [1.54, 1.807) is 25.1 Å². The van der Waals surface area contributed by atoms with Crippen LogP contribution in [0.15, 0.2) is 54.6 Å². The summed E-state index contributed by atoms with van der Waals surface area (Å²) in [5.74, 6) is -0.753. The summed E-state index contributed by atoms with van der Waals surface area (Å²) in [6.07, 6.45) is 1.84. The summed E-state index contributed by atoms with van der Waals surface area (Å²) in [4.78, 5) is 23.1. The second-order valence-corrected chi connectivity index (χ2v) is 4.51. The average molecular weight is 284 g/mol. The molecule has 4 nitrogen and oxygen atoms in total. The summed E-state index contributed by atoms with van der Waals surface area (Å²) in [7, 11) is 0. The molecule has 0 aliphatic heterocycles. The maximum atomic E-state index is 11.9. The van der Waals surface area contributed by atoms with Crippen LogP contribution in [0, 0.1) is 0 Å². The molecule has 0 N–H and O–H groups in total. The van der Waals surface area contributed by atoms with Crippen molar-refractivity contribution in [1.82, 2.24) is 0 Å². The monoisotopic (exact) mass is 284 g/mol. The Kier molecular flexibility index (Phi) is 4.72. The van der Waals surface area contributed by atoms with Crippen LogP contribution in [0.25, 0.3) is 10.8 Å². The molecule has 21 heavy (non-hydrogen) atoms. The van der Waals surface area contributed by atoms with Crippen molar-refractivity contribution in [2.75, 3.05) is 0 Å². The Hall–Kier alpha value is -2.62. The maximum absolute atomic E-state index is 11.9. The van der Waals surface area contributed by atoms with E-state index in [0.717, 1.165) is 10.8 Å². The number of rotatable bonds is 4. The molecule has 0 aliphatic carbocycles. The van der Waals surface area contributed by atoms with Crippen molar-refractivity contribution >= 4 is 22.7 Å². The summed E-state index contributed by atoms with van der Waals surface area (Å²) < 4.78 is 10.1. The number of hydrogen-bond donors (Lipinski definition) is 0. The second-order valence-electron chi connectivity index (χ2n) is 4.51. The van der Waals surface area contributed by atoms with E-state index in [1.807, 2.05) is 30.3 Å². The highest BCUT2D eigenvalue weighted by atomic mass is 16.6. The predicted octanol–water partition coefficient (Wildman–Crippen LogP) is 3.25. The number of carbonyl (C=O) groups is 2. The molecule has 0 amide bonds. The fraction of sp³-hybridized carbons (Fsp3) is 0.176. The SMILES string of the molecule is C/C=C/C(=O)OC(C)C(=O)Oc1ccc2ccccc2c1. The van der Waals surface area contributed by atoms with Crippen molar-refractivity contribution in [2.24, 2.45) is 0 Å². The Bertz CT molecular complexity index is 688. The van der Waals surface area contributed by atoms with E-state index in [1.165, 1.54) is 13.0 Å². The van der Waals surface area contributed by atoms with Gasteiger partial charge in [0.1, 0.15) is 5.75 Å². The zero-order chi connectivity index (χ0) is 15.2. The minimum absolute atomic E-state index is 0.424. The normalized spacial score (nSPS) is 12.3. The molecule has 1 atom stereocenters. The van der Waals surface area contributed by atoms with E-state index in [0.29, 0.717) is 5.75 Å². The lowest BCUT2D eigenvalue weighted by atomic mass is 10.1. The van der Waals surface area contributed by atoms with Crippen LogP contribution in [0.5, 0.6) is 5.75 Å². The smallest absolute Gasteiger partial charge is 0.352 e. The lowest BCUT2D eigenvalue weighted by molar-refractivity contribution is -0.157. The predicted molar refractivity (Wildman–Crippen MR) is 80.0 cm³/mol. The topological polar surface area (TPSA) is 52.6 Å². The lowest BCUT2D eigenvalue weighted by Crippen LogP contribution is -2.27. The van der Waals surface area contributed by atoms with Crippen molar-refractivity contribution in [2.45, 2.75) is 20.0 Å². The highest BCUT2D eigenvalue weighted by molar-refractivity contribution is 5.87. The van der Waals surface area contributed by atoms with Crippen molar-refractivity contribution in [3.63, 3.8) is 0 Å². The Labute approximate surface area is 123 Å². The number of fused-ring (bicyclic) bond motifs is 1. The average Bonchev–Trinajstić information content (AvgIpc) is 2.47. The molecular formula is C17H16O4. The van der Waals surface area contributed by atoms with Gasteiger partial charge < -0.3 is 9.47 Å². The van der Waals surface area contributed by atoms with Gasteiger partial charge in [0.2, 0.25) is 0 Å². The number of hydrogen-bond acceptors (Lipinski definition) is 4. The molecule has 1 unspecified atom stereocenters. The maximum Gasteiger partial charge on any atom is 0.352 e. The number of benzene rings is 2. The standard InChI is InChI=1S/C17H16O4/c1-3-6-16(18)20-12(2)17(19)21-15-10-9-13-7-4-5-8-14(13)11-15/h3-12H,1-2H3/b6-3+. The first-order chi connectivity index (χ1) is 10.1. The van der Waals surface area contributed by atoms with Gasteiger partial charge in [-0.05, 0) is 36.8 Å². The molecule has 0 aliphatic rings. The highest BCUT2D eigenvalue weighted by Crippen LogP contribution is 2.21. The van der Waals surface area contributed by atoms with Crippen molar-refractivity contribution in [3.8, 4) is 5.75 Å². The van der Waals surface area contributed by atoms with Gasteiger partial charge in [-0.1, -0.05) is 36.4 Å². The van der Waals surface area contributed by atoms with Gasteiger partial charge in [0.05, 0.1) is 0 Å². The van der Waals surface area contributed by atoms with Gasteiger partial charge in [0.15, 0.2) is 6.10 Å². The largest absolute Gasteiger partial charge is 0.447 e. The van der Waals surface area contributed by atoms with Gasteiger partial charge in [0.25, 0.3) is 0 Å². The molecule has 0 aromatic heterocycles. The summed E-state index contributed by atoms with van der Waals surface area (Å²) in [6.45, 7) is 3.17. The van der Waals surface area contributed by atoms with E-state index in [2.05, 4.69) is 0 Å². The first kappa shape index (κ1) is 14.8. The summed E-state index contributed by atoms with van der Waals surface area (Å²) in [5, 5.41) is 2.03. The molecular weight excluding hydrogens is 268 g/mol. The summed E-state index contributed by atoms with van der Waals surface area (Å²) >= 11 is 0. The molecule has 0 fully saturated rings. The van der Waals surface area contributed by atoms with Crippen LogP contribution < -0.4 is 4.74 Å². The molecule has 0 saturated carbocycles. The van der Waals surface area contributed by atoms with Gasteiger partial charge in [-0.2, -0.15) is 0 Å². The third-order valence-corrected chi connectivity index (χ3v) is 2.87. The highest BCUT2D eigenvalue weighted by Gasteiger charge is 2.18. The number of ether oxygens (including phenoxy) is 2. The number of allylic oxidation sites excluding steroid dienone is 1. The van der Waals surface area contributed by atoms with E-state index in [9.17, 15) is 9.59 Å². The van der Waals surface area contributed by atoms with Crippen molar-refractivity contribution < 1.29 is 19.1 Å². The van der Waals surface area contributed by atoms with Gasteiger partial charge in [-0.25, -0.2) is 9.59 Å². The molecule has 0 saturated heterocycles. The van der Waals surface area contributed by atoms with Crippen LogP contribution in [0.4, 0.5) is 0 Å². The third kappa shape index (κ3) is 3.92. The van der Waals surface area contributed by atoms with Gasteiger partial charge in [-0.3, -0.25) is 0 Å². The van der Waals surface area contributed by atoms with Gasteiger partial charge in [0, 0.05) is 6.08 Å². The third-order valence-electron chi connectivity index (χ3n) is 2.87. The van der Waals surface area contributed by atoms with E-state index in [4.69, 9.17) is 9.47 Å². The Morgan fingerprint density at radius 1 is 1.10 bits per heavy atom. The molecule has 0 heterocycles. The molecule has 0 bridgehead atoms. The molecule has 4 heteroatoms. The van der Waals surface area contributed by atoms with Crippen LogP contribution in [0.1, 0.15) is 13.8 Å². The minimum Gasteiger partial charge on any atom is -0.447 e. The number of esters is 2. The van der Waals surface area contributed by atoms with Crippen molar-refractivity contribution in [3.05, 3.63) is 54.6 Å². The van der Waals surface area contributed by atoms with Crippen LogP contribution >= 0.6 is 0 Å². The minimum atomic E-state index is -0.958. The number of carbonyl (C=O) groups excluding carboxylic acids is 2. The van der Waals surface area contributed by atoms with E-state index in [-0.39, 0.29) is 0 Å². The Morgan fingerprint density at radius 2 is 1.81 bits per heavy atom. The fourth-order valence-electron chi connectivity index (χ4n) is 1.83. The van der Waals surface area contributed by atoms with Crippen LogP contribution in [0.2, 0.25) is 0 Å².